The Morgan fingerprint density at radius 2 is 1.14 bits per heavy atom. The fourth-order valence-electron chi connectivity index (χ4n) is 18.0. The molecule has 4 saturated heterocycles. The summed E-state index contributed by atoms with van der Waals surface area (Å²) in [6.07, 6.45) is -33.3. The van der Waals surface area contributed by atoms with Gasteiger partial charge in [-0.05, 0) is 132 Å². The van der Waals surface area contributed by atoms with Gasteiger partial charge in [-0.2, -0.15) is 0 Å². The summed E-state index contributed by atoms with van der Waals surface area (Å²) in [7, 11) is 0. The quantitative estimate of drug-likeness (QED) is 0.0358. The molecule has 9 aliphatic rings. The highest BCUT2D eigenvalue weighted by Crippen LogP contribution is 2.76. The van der Waals surface area contributed by atoms with Gasteiger partial charge in [0.2, 0.25) is 6.29 Å². The van der Waals surface area contributed by atoms with Crippen molar-refractivity contribution >= 4 is 23.9 Å². The Morgan fingerprint density at radius 1 is 0.570 bits per heavy atom. The van der Waals surface area contributed by atoms with Crippen LogP contribution in [0.2, 0.25) is 0 Å². The minimum absolute atomic E-state index is 0.0870. The standard InChI is InChI=1S/C65H104O28/c1-27(67)19-40(71)84-28(2)20-41(72)85-29(3)21-42(73)89-52-32(6)88-58(53(50(52)81)91-56-49(80)46(77)51(31(5)87-56)90-55-47(78)44(75)36(69)25-83-55)93-59(82)65-18-17-60(7,8)22-34(65)33-13-14-38-61(9)23-35(68)54(92-57-48(79)45(76)43(74)30(4)86-57)62(10,26-66)37(61)15-16-63(38,11)64(33,12)24-39(65)70/h13,27-32,34-39,43-58,66-70,74-81H,14-26H2,1-12H3. The highest BCUT2D eigenvalue weighted by molar-refractivity contribution is 5.80. The van der Waals surface area contributed by atoms with Gasteiger partial charge in [0.25, 0.3) is 0 Å². The molecule has 0 spiro atoms. The van der Waals surface area contributed by atoms with Crippen molar-refractivity contribution < 1.29 is 138 Å². The molecule has 532 valence electrons. The fourth-order valence-corrected chi connectivity index (χ4v) is 18.0. The molecule has 28 nitrogen and oxygen atoms in total. The smallest absolute Gasteiger partial charge is 0.317 e. The first-order chi connectivity index (χ1) is 43.3. The summed E-state index contributed by atoms with van der Waals surface area (Å²) in [5.74, 6) is -4.51. The van der Waals surface area contributed by atoms with Crippen LogP contribution < -0.4 is 0 Å². The van der Waals surface area contributed by atoms with Gasteiger partial charge in [0, 0.05) is 5.41 Å². The van der Waals surface area contributed by atoms with E-state index in [9.17, 15) is 80.8 Å². The molecular formula is C65H104O28. The van der Waals surface area contributed by atoms with Gasteiger partial charge in [-0.1, -0.05) is 53.2 Å². The van der Waals surface area contributed by atoms with Crippen molar-refractivity contribution in [3.05, 3.63) is 11.6 Å². The average Bonchev–Trinajstić information content (AvgIpc) is 0.671. The lowest BCUT2D eigenvalue weighted by molar-refractivity contribution is -0.373. The molecule has 0 amide bonds. The first-order valence-electron chi connectivity index (χ1n) is 33.1. The highest BCUT2D eigenvalue weighted by Gasteiger charge is 2.73. The molecule has 0 aromatic carbocycles. The van der Waals surface area contributed by atoms with Crippen molar-refractivity contribution in [1.82, 2.24) is 0 Å². The molecule has 5 aliphatic carbocycles. The predicted octanol–water partition coefficient (Wildman–Crippen LogP) is -0.434. The lowest BCUT2D eigenvalue weighted by Crippen LogP contribution is -2.70. The molecule has 28 heteroatoms. The van der Waals surface area contributed by atoms with Gasteiger partial charge in [-0.25, -0.2) is 0 Å². The first-order valence-corrected chi connectivity index (χ1v) is 33.1. The molecule has 0 radical (unpaired) electrons. The number of aliphatic hydroxyl groups is 13. The summed E-state index contributed by atoms with van der Waals surface area (Å²) in [5.41, 5.74) is -4.17. The zero-order valence-corrected chi connectivity index (χ0v) is 55.4. The fraction of sp³-hybridized carbons (Fsp3) is 0.908. The van der Waals surface area contributed by atoms with Crippen LogP contribution in [-0.4, -0.2) is 257 Å². The van der Waals surface area contributed by atoms with Crippen LogP contribution in [0, 0.1) is 50.2 Å². The van der Waals surface area contributed by atoms with E-state index >= 15 is 4.79 Å². The number of carbonyl (C=O) groups excluding carboxylic acids is 4. The predicted molar refractivity (Wildman–Crippen MR) is 317 cm³/mol. The maximum absolute atomic E-state index is 15.9. The highest BCUT2D eigenvalue weighted by atomic mass is 16.8. The van der Waals surface area contributed by atoms with Crippen molar-refractivity contribution in [3.8, 4) is 0 Å². The molecule has 9 rings (SSSR count). The van der Waals surface area contributed by atoms with Crippen LogP contribution in [0.4, 0.5) is 0 Å². The Balaban J connectivity index is 0.975. The molecule has 93 heavy (non-hydrogen) atoms. The molecule has 0 aromatic heterocycles. The number of aliphatic hydroxyl groups excluding tert-OH is 13. The average molecular weight is 1330 g/mol. The SMILES string of the molecule is CC(O)CC(=O)OC(C)CC(=O)OC(C)CC(=O)OC1C(C)OC(OC(=O)C23CCC(C)(C)CC2C2=CCC4C5(C)CC(O)C(OC6OC(C)C(O)C(O)C6O)C(C)(CO)C5CCC4(C)C2(C)CC3O)C(OC2OC(C)C(OC3OCC(O)C(O)C3O)C(O)C2O)C1O. The van der Waals surface area contributed by atoms with E-state index in [-0.39, 0.29) is 49.4 Å². The Morgan fingerprint density at radius 3 is 1.78 bits per heavy atom. The number of ether oxygens (including phenoxy) is 11. The molecule has 4 saturated carbocycles. The Labute approximate surface area is 542 Å². The molecular weight excluding hydrogens is 1230 g/mol. The summed E-state index contributed by atoms with van der Waals surface area (Å²) in [5, 5.41) is 145. The van der Waals surface area contributed by atoms with E-state index < -0.39 is 230 Å². The van der Waals surface area contributed by atoms with E-state index in [1.807, 2.05) is 6.92 Å². The minimum atomic E-state index is -2.03. The summed E-state index contributed by atoms with van der Waals surface area (Å²) in [6, 6.07) is 0. The minimum Gasteiger partial charge on any atom is -0.462 e. The molecule has 0 bridgehead atoms. The van der Waals surface area contributed by atoms with Crippen LogP contribution in [0.5, 0.6) is 0 Å². The summed E-state index contributed by atoms with van der Waals surface area (Å²) >= 11 is 0. The molecule has 8 fully saturated rings. The van der Waals surface area contributed by atoms with Gasteiger partial charge < -0.3 is 118 Å². The first kappa shape index (κ1) is 74.1. The van der Waals surface area contributed by atoms with Gasteiger partial charge in [0.15, 0.2) is 31.1 Å². The van der Waals surface area contributed by atoms with Crippen LogP contribution in [0.25, 0.3) is 0 Å². The zero-order valence-electron chi connectivity index (χ0n) is 55.4. The summed E-state index contributed by atoms with van der Waals surface area (Å²) in [4.78, 5) is 54.5. The van der Waals surface area contributed by atoms with Gasteiger partial charge in [0.1, 0.15) is 78.7 Å². The summed E-state index contributed by atoms with van der Waals surface area (Å²) in [6.45, 7) is 20.3. The van der Waals surface area contributed by atoms with Crippen LogP contribution in [0.1, 0.15) is 154 Å². The third kappa shape index (κ3) is 13.7. The molecule has 33 atom stereocenters. The van der Waals surface area contributed by atoms with Gasteiger partial charge in [0.05, 0.1) is 75.2 Å². The molecule has 33 unspecified atom stereocenters. The molecule has 4 aliphatic heterocycles. The largest absolute Gasteiger partial charge is 0.462 e. The van der Waals surface area contributed by atoms with E-state index in [0.717, 1.165) is 5.57 Å². The lowest BCUT2D eigenvalue weighted by atomic mass is 9.33. The van der Waals surface area contributed by atoms with Crippen molar-refractivity contribution in [2.45, 2.75) is 307 Å². The molecule has 0 aromatic rings. The third-order valence-corrected chi connectivity index (χ3v) is 23.3. The van der Waals surface area contributed by atoms with E-state index in [1.165, 1.54) is 41.5 Å². The maximum Gasteiger partial charge on any atom is 0.317 e. The second-order valence-corrected chi connectivity index (χ2v) is 30.4. The van der Waals surface area contributed by atoms with Crippen LogP contribution in [0.15, 0.2) is 11.6 Å². The van der Waals surface area contributed by atoms with E-state index in [0.29, 0.717) is 32.1 Å². The van der Waals surface area contributed by atoms with Crippen molar-refractivity contribution in [1.29, 1.82) is 0 Å². The van der Waals surface area contributed by atoms with Gasteiger partial charge >= 0.3 is 23.9 Å². The number of rotatable bonds is 18. The Bertz CT molecular complexity index is 2680. The van der Waals surface area contributed by atoms with E-state index in [2.05, 4.69) is 40.7 Å². The number of hydrogen-bond donors (Lipinski definition) is 13. The second-order valence-electron chi connectivity index (χ2n) is 30.4. The van der Waals surface area contributed by atoms with Gasteiger partial charge in [-0.15, -0.1) is 0 Å². The van der Waals surface area contributed by atoms with Crippen LogP contribution >= 0.6 is 0 Å². The van der Waals surface area contributed by atoms with Crippen molar-refractivity contribution in [3.63, 3.8) is 0 Å². The second kappa shape index (κ2) is 27.9. The third-order valence-electron chi connectivity index (χ3n) is 23.3. The summed E-state index contributed by atoms with van der Waals surface area (Å²) < 4.78 is 65.0. The van der Waals surface area contributed by atoms with Crippen molar-refractivity contribution in [2.24, 2.45) is 50.2 Å². The van der Waals surface area contributed by atoms with E-state index in [1.54, 1.807) is 0 Å². The van der Waals surface area contributed by atoms with Crippen molar-refractivity contribution in [2.75, 3.05) is 13.2 Å². The normalized spacial score (nSPS) is 49.0. The lowest BCUT2D eigenvalue weighted by Gasteiger charge is -2.72. The van der Waals surface area contributed by atoms with Crippen LogP contribution in [0.3, 0.4) is 0 Å². The number of esters is 4. The van der Waals surface area contributed by atoms with Gasteiger partial charge in [-0.3, -0.25) is 19.2 Å². The molecule has 4 heterocycles. The number of carbonyl (C=O) groups is 4. The maximum atomic E-state index is 15.9. The van der Waals surface area contributed by atoms with E-state index in [4.69, 9.17) is 52.1 Å². The molecule has 13 N–H and O–H groups in total. The topological polar surface area (TPSA) is 433 Å². The monoisotopic (exact) mass is 1330 g/mol. The Kier molecular flexibility index (Phi) is 22.2. The zero-order chi connectivity index (χ0) is 68.7. The Hall–Kier alpha value is -3.18. The number of allylic oxidation sites excluding steroid dienone is 2. The van der Waals surface area contributed by atoms with Crippen LogP contribution in [-0.2, 0) is 71.3 Å². The number of hydrogen-bond acceptors (Lipinski definition) is 28. The number of fused-ring (bicyclic) bond motifs is 7.